The molecular formula is C19H22N2O3S. The summed E-state index contributed by atoms with van der Waals surface area (Å²) in [5.41, 5.74) is 2.14. The first-order valence-electron chi connectivity index (χ1n) is 8.32. The third-order valence-corrected chi connectivity index (χ3v) is 5.46. The molecule has 0 aliphatic carbocycles. The summed E-state index contributed by atoms with van der Waals surface area (Å²) < 4.78 is 5.15. The van der Waals surface area contributed by atoms with E-state index in [1.54, 1.807) is 7.11 Å². The van der Waals surface area contributed by atoms with Crippen LogP contribution in [0.4, 0.5) is 0 Å². The number of benzene rings is 1. The number of likely N-dealkylation sites (tertiary alicyclic amines) is 1. The highest BCUT2D eigenvalue weighted by atomic mass is 32.1. The van der Waals surface area contributed by atoms with Gasteiger partial charge in [0.15, 0.2) is 0 Å². The minimum Gasteiger partial charge on any atom is -0.497 e. The molecule has 2 heterocycles. The molecule has 1 atom stereocenters. The highest BCUT2D eigenvalue weighted by molar-refractivity contribution is 7.12. The first-order chi connectivity index (χ1) is 12.1. The SMILES string of the molecule is COc1ccc(CCN2C[C@@H](NC(=O)c3sccc3C)CC2=O)cc1. The summed E-state index contributed by atoms with van der Waals surface area (Å²) in [5, 5.41) is 4.90. The summed E-state index contributed by atoms with van der Waals surface area (Å²) in [5.74, 6) is 0.844. The molecule has 0 radical (unpaired) electrons. The molecule has 1 aromatic heterocycles. The van der Waals surface area contributed by atoms with Crippen molar-refractivity contribution in [2.45, 2.75) is 25.8 Å². The second-order valence-electron chi connectivity index (χ2n) is 6.25. The van der Waals surface area contributed by atoms with E-state index in [9.17, 15) is 9.59 Å². The van der Waals surface area contributed by atoms with Crippen LogP contribution < -0.4 is 10.1 Å². The van der Waals surface area contributed by atoms with E-state index in [2.05, 4.69) is 5.32 Å². The predicted octanol–water partition coefficient (Wildman–Crippen LogP) is 2.64. The zero-order valence-electron chi connectivity index (χ0n) is 14.5. The van der Waals surface area contributed by atoms with Crippen molar-refractivity contribution in [3.63, 3.8) is 0 Å². The third-order valence-electron chi connectivity index (χ3n) is 4.45. The van der Waals surface area contributed by atoms with E-state index in [0.717, 1.165) is 28.2 Å². The van der Waals surface area contributed by atoms with Gasteiger partial charge in [-0.1, -0.05) is 12.1 Å². The van der Waals surface area contributed by atoms with Crippen molar-refractivity contribution >= 4 is 23.2 Å². The van der Waals surface area contributed by atoms with Crippen molar-refractivity contribution in [3.8, 4) is 5.75 Å². The molecule has 1 N–H and O–H groups in total. The van der Waals surface area contributed by atoms with Crippen molar-refractivity contribution < 1.29 is 14.3 Å². The number of ether oxygens (including phenoxy) is 1. The van der Waals surface area contributed by atoms with Gasteiger partial charge in [-0.2, -0.15) is 0 Å². The van der Waals surface area contributed by atoms with Gasteiger partial charge in [0.05, 0.1) is 18.0 Å². The largest absolute Gasteiger partial charge is 0.497 e. The summed E-state index contributed by atoms with van der Waals surface area (Å²) >= 11 is 1.43. The molecule has 1 fully saturated rings. The Hall–Kier alpha value is -2.34. The van der Waals surface area contributed by atoms with Crippen LogP contribution in [-0.2, 0) is 11.2 Å². The van der Waals surface area contributed by atoms with Gasteiger partial charge >= 0.3 is 0 Å². The Balaban J connectivity index is 1.51. The van der Waals surface area contributed by atoms with Gasteiger partial charge in [0, 0.05) is 19.5 Å². The van der Waals surface area contributed by atoms with Gasteiger partial charge < -0.3 is 15.0 Å². The molecule has 3 rings (SSSR count). The molecule has 6 heteroatoms. The van der Waals surface area contributed by atoms with Crippen molar-refractivity contribution in [3.05, 3.63) is 51.7 Å². The summed E-state index contributed by atoms with van der Waals surface area (Å²) in [6.07, 6.45) is 1.17. The Morgan fingerprint density at radius 1 is 1.32 bits per heavy atom. The monoisotopic (exact) mass is 358 g/mol. The van der Waals surface area contributed by atoms with E-state index in [1.165, 1.54) is 11.3 Å². The number of nitrogens with zero attached hydrogens (tertiary/aromatic N) is 1. The van der Waals surface area contributed by atoms with Crippen molar-refractivity contribution in [2.75, 3.05) is 20.2 Å². The highest BCUT2D eigenvalue weighted by Crippen LogP contribution is 2.18. The Morgan fingerprint density at radius 2 is 2.08 bits per heavy atom. The molecule has 0 spiro atoms. The maximum atomic E-state index is 12.3. The lowest BCUT2D eigenvalue weighted by molar-refractivity contribution is -0.127. The van der Waals surface area contributed by atoms with Crippen LogP contribution in [0.2, 0.25) is 0 Å². The van der Waals surface area contributed by atoms with Crippen LogP contribution in [0.25, 0.3) is 0 Å². The predicted molar refractivity (Wildman–Crippen MR) is 98.2 cm³/mol. The number of carbonyl (C=O) groups excluding carboxylic acids is 2. The molecule has 1 aliphatic rings. The summed E-state index contributed by atoms with van der Waals surface area (Å²) in [4.78, 5) is 27.0. The van der Waals surface area contributed by atoms with Crippen molar-refractivity contribution in [1.82, 2.24) is 10.2 Å². The van der Waals surface area contributed by atoms with Crippen LogP contribution in [0.3, 0.4) is 0 Å². The first-order valence-corrected chi connectivity index (χ1v) is 9.20. The van der Waals surface area contributed by atoms with Crippen LogP contribution in [0.15, 0.2) is 35.7 Å². The maximum Gasteiger partial charge on any atom is 0.261 e. The lowest BCUT2D eigenvalue weighted by atomic mass is 10.1. The number of rotatable bonds is 6. The number of thiophene rings is 1. The second-order valence-corrected chi connectivity index (χ2v) is 7.16. The van der Waals surface area contributed by atoms with Gasteiger partial charge in [-0.05, 0) is 48.1 Å². The lowest BCUT2D eigenvalue weighted by Gasteiger charge is -2.17. The molecule has 2 aromatic rings. The molecule has 5 nitrogen and oxygen atoms in total. The topological polar surface area (TPSA) is 58.6 Å². The van der Waals surface area contributed by atoms with Crippen LogP contribution in [0.5, 0.6) is 5.75 Å². The highest BCUT2D eigenvalue weighted by Gasteiger charge is 2.30. The van der Waals surface area contributed by atoms with Gasteiger partial charge in [0.25, 0.3) is 5.91 Å². The molecule has 2 amide bonds. The van der Waals surface area contributed by atoms with Crippen molar-refractivity contribution in [1.29, 1.82) is 0 Å². The van der Waals surface area contributed by atoms with Crippen LogP contribution >= 0.6 is 11.3 Å². The number of amides is 2. The zero-order valence-corrected chi connectivity index (χ0v) is 15.3. The average Bonchev–Trinajstić information content (AvgIpc) is 3.19. The number of hydrogen-bond acceptors (Lipinski definition) is 4. The molecule has 25 heavy (non-hydrogen) atoms. The first kappa shape index (κ1) is 17.5. The number of aryl methyl sites for hydroxylation is 1. The minimum atomic E-state index is -0.114. The zero-order chi connectivity index (χ0) is 17.8. The normalized spacial score (nSPS) is 17.0. The van der Waals surface area contributed by atoms with E-state index in [0.29, 0.717) is 19.5 Å². The summed E-state index contributed by atoms with van der Waals surface area (Å²) in [7, 11) is 1.64. The molecule has 1 aliphatic heterocycles. The second kappa shape index (κ2) is 7.70. The minimum absolute atomic E-state index is 0.0812. The molecule has 0 saturated carbocycles. The van der Waals surface area contributed by atoms with E-state index in [4.69, 9.17) is 4.74 Å². The number of methoxy groups -OCH3 is 1. The molecule has 132 valence electrons. The smallest absolute Gasteiger partial charge is 0.261 e. The number of hydrogen-bond donors (Lipinski definition) is 1. The number of carbonyl (C=O) groups is 2. The van der Waals surface area contributed by atoms with Gasteiger partial charge in [-0.3, -0.25) is 9.59 Å². The fourth-order valence-corrected chi connectivity index (χ4v) is 3.83. The van der Waals surface area contributed by atoms with Crippen LogP contribution in [-0.4, -0.2) is 43.0 Å². The molecule has 0 unspecified atom stereocenters. The van der Waals surface area contributed by atoms with Crippen LogP contribution in [0, 0.1) is 6.92 Å². The Morgan fingerprint density at radius 3 is 2.72 bits per heavy atom. The molecular weight excluding hydrogens is 336 g/mol. The van der Waals surface area contributed by atoms with E-state index < -0.39 is 0 Å². The van der Waals surface area contributed by atoms with Crippen LogP contribution in [0.1, 0.15) is 27.2 Å². The molecule has 1 aromatic carbocycles. The Bertz CT molecular complexity index is 754. The van der Waals surface area contributed by atoms with Gasteiger partial charge in [0.2, 0.25) is 5.91 Å². The van der Waals surface area contributed by atoms with Gasteiger partial charge in [-0.25, -0.2) is 0 Å². The average molecular weight is 358 g/mol. The van der Waals surface area contributed by atoms with E-state index in [1.807, 2.05) is 47.5 Å². The van der Waals surface area contributed by atoms with E-state index >= 15 is 0 Å². The fraction of sp³-hybridized carbons (Fsp3) is 0.368. The summed E-state index contributed by atoms with van der Waals surface area (Å²) in [6, 6.07) is 9.69. The van der Waals surface area contributed by atoms with E-state index in [-0.39, 0.29) is 17.9 Å². The number of nitrogens with one attached hydrogen (secondary N) is 1. The molecule has 1 saturated heterocycles. The quantitative estimate of drug-likeness (QED) is 0.864. The van der Waals surface area contributed by atoms with Crippen molar-refractivity contribution in [2.24, 2.45) is 0 Å². The Labute approximate surface area is 151 Å². The maximum absolute atomic E-state index is 12.3. The Kier molecular flexibility index (Phi) is 5.38. The third kappa shape index (κ3) is 4.20. The lowest BCUT2D eigenvalue weighted by Crippen LogP contribution is -2.37. The van der Waals surface area contributed by atoms with Gasteiger partial charge in [0.1, 0.15) is 5.75 Å². The summed E-state index contributed by atoms with van der Waals surface area (Å²) in [6.45, 7) is 3.16. The fourth-order valence-electron chi connectivity index (χ4n) is 3.00. The standard InChI is InChI=1S/C19H22N2O3S/c1-13-8-10-25-18(13)19(23)20-15-11-17(22)21(12-15)9-7-14-3-5-16(24-2)6-4-14/h3-6,8,10,15H,7,9,11-12H2,1-2H3,(H,20,23)/t15-/m0/s1. The van der Waals surface area contributed by atoms with Gasteiger partial charge in [-0.15, -0.1) is 11.3 Å². The molecule has 0 bridgehead atoms.